The lowest BCUT2D eigenvalue weighted by atomic mass is 10.2. The van der Waals surface area contributed by atoms with E-state index in [-0.39, 0.29) is 15.9 Å². The number of benzene rings is 1. The van der Waals surface area contributed by atoms with Gasteiger partial charge in [0.05, 0.1) is 21.5 Å². The van der Waals surface area contributed by atoms with Crippen molar-refractivity contribution in [1.82, 2.24) is 15.2 Å². The summed E-state index contributed by atoms with van der Waals surface area (Å²) in [6, 6.07) is 2.63. The smallest absolute Gasteiger partial charge is 0.324 e. The zero-order valence-corrected chi connectivity index (χ0v) is 13.6. The Hall–Kier alpha value is -2.07. The molecule has 0 saturated carbocycles. The van der Waals surface area contributed by atoms with Gasteiger partial charge in [0.2, 0.25) is 5.91 Å². The summed E-state index contributed by atoms with van der Waals surface area (Å²) in [5.41, 5.74) is -1.57. The van der Waals surface area contributed by atoms with Crippen molar-refractivity contribution in [3.05, 3.63) is 45.3 Å². The normalized spacial score (nSPS) is 12.7. The van der Waals surface area contributed by atoms with Crippen molar-refractivity contribution in [2.24, 2.45) is 0 Å². The van der Waals surface area contributed by atoms with Gasteiger partial charge in [0.15, 0.2) is 5.16 Å². The lowest BCUT2D eigenvalue weighted by Crippen LogP contribution is -2.23. The Balaban J connectivity index is 2.12. The highest BCUT2D eigenvalue weighted by Gasteiger charge is 2.31. The van der Waals surface area contributed by atoms with E-state index in [9.17, 15) is 22.8 Å². The number of hydrogen-bond donors (Lipinski definition) is 2. The highest BCUT2D eigenvalue weighted by Crippen LogP contribution is 2.34. The number of thioether (sulfide) groups is 1. The average Bonchev–Trinajstić information content (AvgIpc) is 2.48. The lowest BCUT2D eigenvalue weighted by molar-refractivity contribution is -0.137. The van der Waals surface area contributed by atoms with Crippen molar-refractivity contribution in [3.63, 3.8) is 0 Å². The van der Waals surface area contributed by atoms with E-state index in [0.29, 0.717) is 0 Å². The molecule has 2 aromatic rings. The fraction of sp³-hybridized carbons (Fsp3) is 0.231. The SMILES string of the molecule is C[C@H](Sc1nncc(=O)[nH]1)C(=O)Nc1cc(C(F)(F)F)ccc1Cl. The van der Waals surface area contributed by atoms with Gasteiger partial charge in [-0.1, -0.05) is 23.4 Å². The second-order valence-electron chi connectivity index (χ2n) is 4.58. The number of rotatable bonds is 4. The van der Waals surface area contributed by atoms with Crippen LogP contribution in [-0.2, 0) is 11.0 Å². The van der Waals surface area contributed by atoms with Crippen molar-refractivity contribution >= 4 is 35.0 Å². The Morgan fingerprint density at radius 2 is 2.12 bits per heavy atom. The molecule has 0 radical (unpaired) electrons. The minimum Gasteiger partial charge on any atom is -0.324 e. The number of anilines is 1. The summed E-state index contributed by atoms with van der Waals surface area (Å²) >= 11 is 6.71. The van der Waals surface area contributed by atoms with Gasteiger partial charge in [-0.3, -0.25) is 14.6 Å². The molecule has 0 saturated heterocycles. The van der Waals surface area contributed by atoms with Crippen LogP contribution in [0.15, 0.2) is 34.3 Å². The summed E-state index contributed by atoms with van der Waals surface area (Å²) in [7, 11) is 0. The van der Waals surface area contributed by atoms with Crippen molar-refractivity contribution in [2.75, 3.05) is 5.32 Å². The summed E-state index contributed by atoms with van der Waals surface area (Å²) in [6.45, 7) is 1.49. The number of alkyl halides is 3. The Bertz CT molecular complexity index is 812. The van der Waals surface area contributed by atoms with E-state index < -0.39 is 28.5 Å². The number of nitrogens with zero attached hydrogens (tertiary/aromatic N) is 2. The van der Waals surface area contributed by atoms with Gasteiger partial charge in [0.1, 0.15) is 6.20 Å². The number of hydrogen-bond acceptors (Lipinski definition) is 5. The molecule has 0 spiro atoms. The van der Waals surface area contributed by atoms with E-state index >= 15 is 0 Å². The Kier molecular flexibility index (Phi) is 5.50. The van der Waals surface area contributed by atoms with Gasteiger partial charge < -0.3 is 5.32 Å². The molecule has 2 N–H and O–H groups in total. The molecule has 24 heavy (non-hydrogen) atoms. The predicted molar refractivity (Wildman–Crippen MR) is 83.1 cm³/mol. The third-order valence-electron chi connectivity index (χ3n) is 2.76. The number of halogens is 4. The zero-order chi connectivity index (χ0) is 17.9. The average molecular weight is 379 g/mol. The number of aromatic nitrogens is 3. The largest absolute Gasteiger partial charge is 0.416 e. The Morgan fingerprint density at radius 1 is 1.42 bits per heavy atom. The van der Waals surface area contributed by atoms with Gasteiger partial charge >= 0.3 is 6.18 Å². The van der Waals surface area contributed by atoms with Gasteiger partial charge in [-0.25, -0.2) is 0 Å². The fourth-order valence-corrected chi connectivity index (χ4v) is 2.52. The van der Waals surface area contributed by atoms with Gasteiger partial charge in [0.25, 0.3) is 5.56 Å². The van der Waals surface area contributed by atoms with Crippen LogP contribution in [0.1, 0.15) is 12.5 Å². The summed E-state index contributed by atoms with van der Waals surface area (Å²) in [5, 5.41) is 8.73. The first-order chi connectivity index (χ1) is 11.2. The Morgan fingerprint density at radius 3 is 2.75 bits per heavy atom. The maximum Gasteiger partial charge on any atom is 0.416 e. The molecule has 1 amide bonds. The van der Waals surface area contributed by atoms with Crippen LogP contribution in [0.25, 0.3) is 0 Å². The molecule has 0 unspecified atom stereocenters. The Labute approximate surface area is 142 Å². The molecule has 128 valence electrons. The molecular formula is C13H10ClF3N4O2S. The highest BCUT2D eigenvalue weighted by atomic mass is 35.5. The predicted octanol–water partition coefficient (Wildman–Crippen LogP) is 2.96. The number of carbonyl (C=O) groups excluding carboxylic acids is 1. The van der Waals surface area contributed by atoms with Crippen LogP contribution in [0.5, 0.6) is 0 Å². The third kappa shape index (κ3) is 4.71. The summed E-state index contributed by atoms with van der Waals surface area (Å²) in [4.78, 5) is 25.6. The summed E-state index contributed by atoms with van der Waals surface area (Å²) < 4.78 is 38.1. The maximum atomic E-state index is 12.7. The maximum absolute atomic E-state index is 12.7. The van der Waals surface area contributed by atoms with Gasteiger partial charge in [-0.2, -0.15) is 18.3 Å². The van der Waals surface area contributed by atoms with Gasteiger partial charge in [-0.15, -0.1) is 5.10 Å². The van der Waals surface area contributed by atoms with Crippen molar-refractivity contribution in [1.29, 1.82) is 0 Å². The summed E-state index contributed by atoms with van der Waals surface area (Å²) in [6.07, 6.45) is -3.58. The van der Waals surface area contributed by atoms with Crippen LogP contribution in [0, 0.1) is 0 Å². The lowest BCUT2D eigenvalue weighted by Gasteiger charge is -2.14. The van der Waals surface area contributed by atoms with Crippen molar-refractivity contribution < 1.29 is 18.0 Å². The van der Waals surface area contributed by atoms with Crippen LogP contribution < -0.4 is 10.9 Å². The number of aromatic amines is 1. The monoisotopic (exact) mass is 378 g/mol. The second-order valence-corrected chi connectivity index (χ2v) is 6.32. The molecule has 0 bridgehead atoms. The van der Waals surface area contributed by atoms with E-state index in [0.717, 1.165) is 36.2 Å². The topological polar surface area (TPSA) is 87.7 Å². The van der Waals surface area contributed by atoms with Crippen molar-refractivity contribution in [3.8, 4) is 0 Å². The van der Waals surface area contributed by atoms with Crippen LogP contribution >= 0.6 is 23.4 Å². The molecule has 0 aliphatic carbocycles. The third-order valence-corrected chi connectivity index (χ3v) is 4.07. The molecule has 1 aromatic carbocycles. The van der Waals surface area contributed by atoms with E-state index in [2.05, 4.69) is 20.5 Å². The van der Waals surface area contributed by atoms with Crippen LogP contribution in [0.2, 0.25) is 5.02 Å². The van der Waals surface area contributed by atoms with Crippen LogP contribution in [-0.4, -0.2) is 26.3 Å². The highest BCUT2D eigenvalue weighted by molar-refractivity contribution is 8.00. The molecule has 2 rings (SSSR count). The van der Waals surface area contributed by atoms with Crippen LogP contribution in [0.4, 0.5) is 18.9 Å². The van der Waals surface area contributed by atoms with Crippen LogP contribution in [0.3, 0.4) is 0 Å². The first-order valence-electron chi connectivity index (χ1n) is 6.43. The fourth-order valence-electron chi connectivity index (χ4n) is 1.60. The van der Waals surface area contributed by atoms with E-state index in [1.807, 2.05) is 0 Å². The van der Waals surface area contributed by atoms with E-state index in [4.69, 9.17) is 11.6 Å². The quantitative estimate of drug-likeness (QED) is 0.799. The van der Waals surface area contributed by atoms with Crippen molar-refractivity contribution in [2.45, 2.75) is 23.5 Å². The minimum atomic E-state index is -4.55. The van der Waals surface area contributed by atoms with E-state index in [1.165, 1.54) is 6.92 Å². The zero-order valence-electron chi connectivity index (χ0n) is 12.0. The van der Waals surface area contributed by atoms with Gasteiger partial charge in [-0.05, 0) is 25.1 Å². The molecule has 0 aliphatic rings. The molecule has 6 nitrogen and oxygen atoms in total. The number of carbonyl (C=O) groups is 1. The number of amides is 1. The molecule has 1 atom stereocenters. The molecule has 11 heteroatoms. The number of H-pyrrole nitrogens is 1. The first kappa shape index (κ1) is 18.3. The molecule has 1 heterocycles. The second kappa shape index (κ2) is 7.22. The molecule has 0 fully saturated rings. The standard InChI is InChI=1S/C13H10ClF3N4O2S/c1-6(24-12-20-10(22)5-18-21-12)11(23)19-9-4-7(13(15,16)17)2-3-8(9)14/h2-6H,1H3,(H,19,23)(H,20,21,22)/t6-/m0/s1. The first-order valence-corrected chi connectivity index (χ1v) is 7.69. The number of nitrogens with one attached hydrogen (secondary N) is 2. The van der Waals surface area contributed by atoms with E-state index in [1.54, 1.807) is 0 Å². The molecule has 1 aromatic heterocycles. The van der Waals surface area contributed by atoms with Gasteiger partial charge in [0, 0.05) is 0 Å². The molecular weight excluding hydrogens is 369 g/mol. The minimum absolute atomic E-state index is 0.0264. The summed E-state index contributed by atoms with van der Waals surface area (Å²) in [5.74, 6) is -0.604. The molecule has 0 aliphatic heterocycles.